The zero-order chi connectivity index (χ0) is 13.9. The van der Waals surface area contributed by atoms with E-state index in [0.29, 0.717) is 12.6 Å². The molecule has 0 amide bonds. The van der Waals surface area contributed by atoms with Crippen LogP contribution in [0.15, 0.2) is 18.5 Å². The van der Waals surface area contributed by atoms with E-state index in [-0.39, 0.29) is 0 Å². The van der Waals surface area contributed by atoms with Gasteiger partial charge in [0, 0.05) is 18.4 Å². The predicted octanol–water partition coefficient (Wildman–Crippen LogP) is 3.02. The van der Waals surface area contributed by atoms with E-state index in [1.54, 1.807) is 6.20 Å². The molecule has 0 aromatic carbocycles. The zero-order valence-electron chi connectivity index (χ0n) is 12.1. The van der Waals surface area contributed by atoms with E-state index < -0.39 is 0 Å². The molecule has 1 fully saturated rings. The van der Waals surface area contributed by atoms with Gasteiger partial charge in [-0.3, -0.25) is 0 Å². The van der Waals surface area contributed by atoms with Crippen LogP contribution in [0.3, 0.4) is 0 Å². The van der Waals surface area contributed by atoms with Gasteiger partial charge in [0.15, 0.2) is 0 Å². The Balaban J connectivity index is 1.73. The monoisotopic (exact) mass is 271 g/mol. The molecule has 0 aliphatic heterocycles. The number of anilines is 1. The van der Waals surface area contributed by atoms with Gasteiger partial charge in [-0.2, -0.15) is 0 Å². The van der Waals surface area contributed by atoms with Crippen LogP contribution in [0.1, 0.15) is 48.9 Å². The summed E-state index contributed by atoms with van der Waals surface area (Å²) < 4.78 is 2.30. The highest BCUT2D eigenvalue weighted by Crippen LogP contribution is 2.32. The van der Waals surface area contributed by atoms with Crippen molar-refractivity contribution in [1.29, 1.82) is 0 Å². The summed E-state index contributed by atoms with van der Waals surface area (Å²) in [5, 5.41) is 3.42. The standard InChI is InChI=1S/C15H21N5/c1-11-10-20(14-5-3-4-6-14)15(18-11)17-9-13-7-8-16-12(2)19-13/h7-8,10,14H,3-6,9H2,1-2H3,(H,17,18). The maximum absolute atomic E-state index is 4.60. The number of nitrogens with zero attached hydrogens (tertiary/aromatic N) is 4. The van der Waals surface area contributed by atoms with E-state index in [1.165, 1.54) is 25.7 Å². The van der Waals surface area contributed by atoms with Crippen LogP contribution >= 0.6 is 0 Å². The van der Waals surface area contributed by atoms with Gasteiger partial charge in [-0.05, 0) is 32.8 Å². The van der Waals surface area contributed by atoms with Gasteiger partial charge >= 0.3 is 0 Å². The Bertz CT molecular complexity index is 584. The Hall–Kier alpha value is -1.91. The van der Waals surface area contributed by atoms with Crippen molar-refractivity contribution < 1.29 is 0 Å². The second-order valence-corrected chi connectivity index (χ2v) is 5.50. The number of rotatable bonds is 4. The number of aryl methyl sites for hydroxylation is 2. The van der Waals surface area contributed by atoms with Gasteiger partial charge in [0.2, 0.25) is 5.95 Å². The molecule has 106 valence electrons. The van der Waals surface area contributed by atoms with Gasteiger partial charge in [0.25, 0.3) is 0 Å². The molecular weight excluding hydrogens is 250 g/mol. The zero-order valence-corrected chi connectivity index (χ0v) is 12.1. The summed E-state index contributed by atoms with van der Waals surface area (Å²) in [6.45, 7) is 4.64. The second kappa shape index (κ2) is 5.61. The summed E-state index contributed by atoms with van der Waals surface area (Å²) in [7, 11) is 0. The Morgan fingerprint density at radius 3 is 2.80 bits per heavy atom. The van der Waals surface area contributed by atoms with Crippen molar-refractivity contribution in [3.63, 3.8) is 0 Å². The number of nitrogens with one attached hydrogen (secondary N) is 1. The molecule has 0 unspecified atom stereocenters. The number of aromatic nitrogens is 4. The summed E-state index contributed by atoms with van der Waals surface area (Å²) in [5.41, 5.74) is 2.06. The van der Waals surface area contributed by atoms with Crippen LogP contribution in [-0.2, 0) is 6.54 Å². The van der Waals surface area contributed by atoms with E-state index in [2.05, 4.69) is 31.0 Å². The molecule has 0 bridgehead atoms. The van der Waals surface area contributed by atoms with E-state index >= 15 is 0 Å². The van der Waals surface area contributed by atoms with Gasteiger partial charge in [0.05, 0.1) is 17.9 Å². The molecule has 5 nitrogen and oxygen atoms in total. The van der Waals surface area contributed by atoms with E-state index in [0.717, 1.165) is 23.2 Å². The molecule has 2 aromatic rings. The fourth-order valence-corrected chi connectivity index (χ4v) is 2.88. The third-order valence-electron chi connectivity index (χ3n) is 3.83. The summed E-state index contributed by atoms with van der Waals surface area (Å²) >= 11 is 0. The molecule has 0 radical (unpaired) electrons. The highest BCUT2D eigenvalue weighted by atomic mass is 15.2. The van der Waals surface area contributed by atoms with Crippen molar-refractivity contribution in [3.05, 3.63) is 35.7 Å². The molecule has 1 N–H and O–H groups in total. The summed E-state index contributed by atoms with van der Waals surface area (Å²) in [6, 6.07) is 2.54. The molecule has 3 rings (SSSR count). The molecule has 5 heteroatoms. The highest BCUT2D eigenvalue weighted by Gasteiger charge is 2.20. The van der Waals surface area contributed by atoms with Crippen molar-refractivity contribution in [1.82, 2.24) is 19.5 Å². The fraction of sp³-hybridized carbons (Fsp3) is 0.533. The normalized spacial score (nSPS) is 15.7. The first-order valence-electron chi connectivity index (χ1n) is 7.30. The van der Waals surface area contributed by atoms with Crippen LogP contribution in [-0.4, -0.2) is 19.5 Å². The quantitative estimate of drug-likeness (QED) is 0.928. The molecule has 1 aliphatic rings. The molecule has 1 saturated carbocycles. The summed E-state index contributed by atoms with van der Waals surface area (Å²) in [5.74, 6) is 1.77. The highest BCUT2D eigenvalue weighted by molar-refractivity contribution is 5.30. The third-order valence-corrected chi connectivity index (χ3v) is 3.83. The molecular formula is C15H21N5. The Labute approximate surface area is 119 Å². The molecule has 0 atom stereocenters. The fourth-order valence-electron chi connectivity index (χ4n) is 2.88. The molecule has 2 heterocycles. The lowest BCUT2D eigenvalue weighted by molar-refractivity contribution is 0.522. The number of hydrogen-bond acceptors (Lipinski definition) is 4. The lowest BCUT2D eigenvalue weighted by Crippen LogP contribution is -2.11. The lowest BCUT2D eigenvalue weighted by atomic mass is 10.2. The van der Waals surface area contributed by atoms with Crippen molar-refractivity contribution in [2.75, 3.05) is 5.32 Å². The van der Waals surface area contributed by atoms with E-state index in [9.17, 15) is 0 Å². The van der Waals surface area contributed by atoms with Crippen LogP contribution in [0.4, 0.5) is 5.95 Å². The first kappa shape index (κ1) is 13.1. The van der Waals surface area contributed by atoms with Gasteiger partial charge < -0.3 is 9.88 Å². The van der Waals surface area contributed by atoms with Crippen molar-refractivity contribution >= 4 is 5.95 Å². The van der Waals surface area contributed by atoms with Gasteiger partial charge in [-0.1, -0.05) is 12.8 Å². The van der Waals surface area contributed by atoms with E-state index in [4.69, 9.17) is 0 Å². The van der Waals surface area contributed by atoms with Crippen LogP contribution in [0, 0.1) is 13.8 Å². The van der Waals surface area contributed by atoms with Crippen LogP contribution < -0.4 is 5.32 Å². The Morgan fingerprint density at radius 1 is 1.25 bits per heavy atom. The summed E-state index contributed by atoms with van der Waals surface area (Å²) in [6.07, 6.45) is 9.13. The van der Waals surface area contributed by atoms with Gasteiger partial charge in [-0.15, -0.1) is 0 Å². The Kier molecular flexibility index (Phi) is 3.67. The maximum atomic E-state index is 4.60. The Morgan fingerprint density at radius 2 is 2.05 bits per heavy atom. The van der Waals surface area contributed by atoms with E-state index in [1.807, 2.05) is 19.9 Å². The molecule has 0 spiro atoms. The average molecular weight is 271 g/mol. The van der Waals surface area contributed by atoms with Gasteiger partial charge in [0.1, 0.15) is 5.82 Å². The largest absolute Gasteiger partial charge is 0.350 e. The first-order chi connectivity index (χ1) is 9.72. The van der Waals surface area contributed by atoms with Crippen LogP contribution in [0.5, 0.6) is 0 Å². The molecule has 20 heavy (non-hydrogen) atoms. The lowest BCUT2D eigenvalue weighted by Gasteiger charge is -2.15. The third kappa shape index (κ3) is 2.81. The summed E-state index contributed by atoms with van der Waals surface area (Å²) in [4.78, 5) is 13.1. The smallest absolute Gasteiger partial charge is 0.203 e. The van der Waals surface area contributed by atoms with Gasteiger partial charge in [-0.25, -0.2) is 15.0 Å². The molecule has 0 saturated heterocycles. The molecule has 2 aromatic heterocycles. The van der Waals surface area contributed by atoms with Crippen LogP contribution in [0.2, 0.25) is 0 Å². The SMILES string of the molecule is Cc1cn(C2CCCC2)c(NCc2ccnc(C)n2)n1. The number of hydrogen-bond donors (Lipinski definition) is 1. The molecule has 1 aliphatic carbocycles. The predicted molar refractivity (Wildman–Crippen MR) is 78.6 cm³/mol. The first-order valence-corrected chi connectivity index (χ1v) is 7.30. The topological polar surface area (TPSA) is 55.6 Å². The average Bonchev–Trinajstić information content (AvgIpc) is 3.05. The van der Waals surface area contributed by atoms with Crippen molar-refractivity contribution in [3.8, 4) is 0 Å². The minimum Gasteiger partial charge on any atom is -0.350 e. The minimum atomic E-state index is 0.603. The maximum Gasteiger partial charge on any atom is 0.203 e. The van der Waals surface area contributed by atoms with Crippen LogP contribution in [0.25, 0.3) is 0 Å². The van der Waals surface area contributed by atoms with Crippen molar-refractivity contribution in [2.45, 2.75) is 52.1 Å². The van der Waals surface area contributed by atoms with Crippen molar-refractivity contribution in [2.24, 2.45) is 0 Å². The number of imidazole rings is 1. The second-order valence-electron chi connectivity index (χ2n) is 5.50. The minimum absolute atomic E-state index is 0.603.